The highest BCUT2D eigenvalue weighted by Crippen LogP contribution is 2.19. The minimum atomic E-state index is -1.38. The summed E-state index contributed by atoms with van der Waals surface area (Å²) in [5, 5.41) is 23.5. The van der Waals surface area contributed by atoms with Crippen LogP contribution in [-0.4, -0.2) is 105 Å². The standard InChI is InChI=1S/C32H44N8O7/c1-4-18(2)26-31(46)38-24(16-41)32(47)40-12-8-11-25(40)30(45)35-19(3)27(42)36-22(13-20-9-6-5-7-10-20)28(43)37-23(29(44)39-26)14-21-15-33-17-34-21/h5-7,9-10,15,17-19,22-26,41H,4,8,11-14,16H2,1-3H3,(H,33,34)(H,35,45)(H,36,42)(H,37,43)(H,38,46)(H,39,44)/t18-,19+,22-,23-,24-,25-,26-/m0/s1. The molecule has 4 rings (SSSR count). The van der Waals surface area contributed by atoms with Gasteiger partial charge in [0.2, 0.25) is 35.4 Å². The fourth-order valence-electron chi connectivity index (χ4n) is 5.73. The number of aromatic nitrogens is 2. The van der Waals surface area contributed by atoms with Crippen molar-refractivity contribution in [1.82, 2.24) is 41.5 Å². The molecule has 254 valence electrons. The van der Waals surface area contributed by atoms with Gasteiger partial charge in [-0.25, -0.2) is 4.98 Å². The number of fused-ring (bicyclic) bond motifs is 1. The Balaban J connectivity index is 1.72. The lowest BCUT2D eigenvalue weighted by Gasteiger charge is -2.31. The minimum absolute atomic E-state index is 0.0149. The molecule has 0 bridgehead atoms. The predicted octanol–water partition coefficient (Wildman–Crippen LogP) is -1.32. The molecule has 6 amide bonds. The molecule has 0 saturated carbocycles. The van der Waals surface area contributed by atoms with Gasteiger partial charge in [-0.3, -0.25) is 28.8 Å². The van der Waals surface area contributed by atoms with E-state index in [1.807, 2.05) is 13.0 Å². The topological polar surface area (TPSA) is 215 Å². The number of carbonyl (C=O) groups excluding carboxylic acids is 6. The Morgan fingerprint density at radius 1 is 0.851 bits per heavy atom. The van der Waals surface area contributed by atoms with E-state index in [1.54, 1.807) is 31.2 Å². The molecule has 7 N–H and O–H groups in total. The number of imidazole rings is 1. The lowest BCUT2D eigenvalue weighted by molar-refractivity contribution is -0.143. The van der Waals surface area contributed by atoms with Gasteiger partial charge in [-0.2, -0.15) is 0 Å². The van der Waals surface area contributed by atoms with Crippen LogP contribution in [-0.2, 0) is 41.6 Å². The molecule has 7 atom stereocenters. The molecule has 2 aliphatic rings. The van der Waals surface area contributed by atoms with Crippen molar-refractivity contribution >= 4 is 35.4 Å². The van der Waals surface area contributed by atoms with Gasteiger partial charge in [0.05, 0.1) is 12.9 Å². The number of nitrogens with one attached hydrogen (secondary N) is 6. The summed E-state index contributed by atoms with van der Waals surface area (Å²) in [5.41, 5.74) is 1.27. The van der Waals surface area contributed by atoms with E-state index in [0.29, 0.717) is 25.0 Å². The molecule has 2 saturated heterocycles. The Hall–Kier alpha value is -4.79. The largest absolute Gasteiger partial charge is 0.394 e. The molecular formula is C32H44N8O7. The Morgan fingerprint density at radius 3 is 2.17 bits per heavy atom. The van der Waals surface area contributed by atoms with Crippen LogP contribution in [0.2, 0.25) is 0 Å². The predicted molar refractivity (Wildman–Crippen MR) is 169 cm³/mol. The highest BCUT2D eigenvalue weighted by molar-refractivity contribution is 5.98. The zero-order valence-electron chi connectivity index (χ0n) is 26.8. The SMILES string of the molecule is CC[C@H](C)[C@@H]1NC(=O)[C@H](Cc2cnc[nH]2)NC(=O)[C@H](Cc2ccccc2)NC(=O)[C@@H](C)NC(=O)[C@@H]2CCCN2C(=O)[C@H](CO)NC1=O. The fraction of sp³-hybridized carbons (Fsp3) is 0.531. The van der Waals surface area contributed by atoms with Gasteiger partial charge in [0.25, 0.3) is 0 Å². The van der Waals surface area contributed by atoms with E-state index in [1.165, 1.54) is 24.3 Å². The number of rotatable bonds is 7. The molecule has 1 aromatic carbocycles. The monoisotopic (exact) mass is 652 g/mol. The first-order chi connectivity index (χ1) is 22.5. The number of carbonyl (C=O) groups is 6. The van der Waals surface area contributed by atoms with E-state index in [-0.39, 0.29) is 19.4 Å². The van der Waals surface area contributed by atoms with Gasteiger partial charge in [0.15, 0.2) is 0 Å². The first kappa shape index (κ1) is 35.1. The smallest absolute Gasteiger partial charge is 0.248 e. The number of amides is 6. The maximum Gasteiger partial charge on any atom is 0.248 e. The molecule has 2 aliphatic heterocycles. The van der Waals surface area contributed by atoms with Crippen molar-refractivity contribution in [3.8, 4) is 0 Å². The maximum absolute atomic E-state index is 13.8. The fourth-order valence-corrected chi connectivity index (χ4v) is 5.73. The van der Waals surface area contributed by atoms with Crippen molar-refractivity contribution in [3.05, 3.63) is 54.1 Å². The molecule has 0 radical (unpaired) electrons. The average Bonchev–Trinajstić information content (AvgIpc) is 3.77. The number of aliphatic hydroxyl groups is 1. The maximum atomic E-state index is 13.8. The molecule has 2 aromatic rings. The van der Waals surface area contributed by atoms with Crippen LogP contribution in [0.5, 0.6) is 0 Å². The van der Waals surface area contributed by atoms with Crippen LogP contribution in [0.3, 0.4) is 0 Å². The van der Waals surface area contributed by atoms with Gasteiger partial charge in [0.1, 0.15) is 36.3 Å². The molecule has 0 unspecified atom stereocenters. The molecule has 0 aliphatic carbocycles. The van der Waals surface area contributed by atoms with Crippen molar-refractivity contribution in [1.29, 1.82) is 0 Å². The Bertz CT molecular complexity index is 1420. The second kappa shape index (κ2) is 16.2. The number of hydrogen-bond acceptors (Lipinski definition) is 8. The normalized spacial score (nSPS) is 27.4. The minimum Gasteiger partial charge on any atom is -0.394 e. The van der Waals surface area contributed by atoms with Crippen LogP contribution in [0.4, 0.5) is 0 Å². The van der Waals surface area contributed by atoms with Gasteiger partial charge >= 0.3 is 0 Å². The molecule has 0 spiro atoms. The second-order valence-corrected chi connectivity index (χ2v) is 12.1. The number of aromatic amines is 1. The van der Waals surface area contributed by atoms with E-state index in [0.717, 1.165) is 5.56 Å². The summed E-state index contributed by atoms with van der Waals surface area (Å²) in [4.78, 5) is 89.7. The summed E-state index contributed by atoms with van der Waals surface area (Å²) < 4.78 is 0. The number of aliphatic hydroxyl groups excluding tert-OH is 1. The molecule has 2 fully saturated rings. The van der Waals surface area contributed by atoms with Crippen LogP contribution in [0.25, 0.3) is 0 Å². The third-order valence-corrected chi connectivity index (χ3v) is 8.71. The lowest BCUT2D eigenvalue weighted by atomic mass is 9.97. The van der Waals surface area contributed by atoms with Crippen LogP contribution in [0, 0.1) is 5.92 Å². The molecule has 3 heterocycles. The highest BCUT2D eigenvalue weighted by atomic mass is 16.3. The van der Waals surface area contributed by atoms with Crippen LogP contribution in [0.1, 0.15) is 51.3 Å². The van der Waals surface area contributed by atoms with Gasteiger partial charge in [-0.1, -0.05) is 50.6 Å². The molecule has 15 nitrogen and oxygen atoms in total. The first-order valence-electron chi connectivity index (χ1n) is 16.0. The zero-order valence-corrected chi connectivity index (χ0v) is 26.8. The second-order valence-electron chi connectivity index (χ2n) is 12.1. The number of H-pyrrole nitrogens is 1. The van der Waals surface area contributed by atoms with E-state index in [2.05, 4.69) is 36.6 Å². The van der Waals surface area contributed by atoms with Crippen molar-refractivity contribution in [2.24, 2.45) is 5.92 Å². The van der Waals surface area contributed by atoms with Gasteiger partial charge in [0, 0.05) is 31.3 Å². The summed E-state index contributed by atoms with van der Waals surface area (Å²) in [6.45, 7) is 4.52. The average molecular weight is 653 g/mol. The lowest BCUT2D eigenvalue weighted by Crippen LogP contribution is -2.62. The van der Waals surface area contributed by atoms with Crippen LogP contribution in [0.15, 0.2) is 42.9 Å². The summed E-state index contributed by atoms with van der Waals surface area (Å²) in [6.07, 6.45) is 4.30. The first-order valence-corrected chi connectivity index (χ1v) is 16.0. The number of benzene rings is 1. The number of hydrogen-bond donors (Lipinski definition) is 7. The van der Waals surface area contributed by atoms with E-state index in [4.69, 9.17) is 0 Å². The van der Waals surface area contributed by atoms with Crippen LogP contribution < -0.4 is 26.6 Å². The van der Waals surface area contributed by atoms with Crippen LogP contribution >= 0.6 is 0 Å². The third-order valence-electron chi connectivity index (χ3n) is 8.71. The van der Waals surface area contributed by atoms with E-state index < -0.39 is 84.2 Å². The summed E-state index contributed by atoms with van der Waals surface area (Å²) in [5.74, 6) is -4.30. The number of nitrogens with zero attached hydrogens (tertiary/aromatic N) is 2. The molecular weight excluding hydrogens is 608 g/mol. The Labute approximate surface area is 273 Å². The van der Waals surface area contributed by atoms with Gasteiger partial charge in [-0.05, 0) is 31.2 Å². The van der Waals surface area contributed by atoms with Gasteiger partial charge < -0.3 is 41.6 Å². The van der Waals surface area contributed by atoms with Gasteiger partial charge in [-0.15, -0.1) is 0 Å². The molecule has 47 heavy (non-hydrogen) atoms. The Morgan fingerprint density at radius 2 is 1.51 bits per heavy atom. The van der Waals surface area contributed by atoms with E-state index >= 15 is 0 Å². The van der Waals surface area contributed by atoms with Crippen molar-refractivity contribution in [3.63, 3.8) is 0 Å². The molecule has 1 aromatic heterocycles. The summed E-state index contributed by atoms with van der Waals surface area (Å²) >= 11 is 0. The molecule has 15 heteroatoms. The van der Waals surface area contributed by atoms with E-state index in [9.17, 15) is 33.9 Å². The summed E-state index contributed by atoms with van der Waals surface area (Å²) in [7, 11) is 0. The van der Waals surface area contributed by atoms with Crippen molar-refractivity contribution in [2.75, 3.05) is 13.2 Å². The zero-order chi connectivity index (χ0) is 34.1. The van der Waals surface area contributed by atoms with Crippen molar-refractivity contribution < 1.29 is 33.9 Å². The quantitative estimate of drug-likeness (QED) is 0.190. The third kappa shape index (κ3) is 8.93. The highest BCUT2D eigenvalue weighted by Gasteiger charge is 2.40. The van der Waals surface area contributed by atoms with Crippen molar-refractivity contribution in [2.45, 2.75) is 89.1 Å². The Kier molecular flexibility index (Phi) is 12.1. The summed E-state index contributed by atoms with van der Waals surface area (Å²) in [6, 6.07) is 2.14.